The molecule has 1 N–H and O–H groups in total. The molecule has 0 unspecified atom stereocenters. The van der Waals surface area contributed by atoms with Crippen molar-refractivity contribution in [3.8, 4) is 0 Å². The predicted octanol–water partition coefficient (Wildman–Crippen LogP) is 2.26. The first-order valence-corrected chi connectivity index (χ1v) is 5.92. The average Bonchev–Trinajstić information content (AvgIpc) is 2.37. The van der Waals surface area contributed by atoms with Crippen molar-refractivity contribution >= 4 is 0 Å². The van der Waals surface area contributed by atoms with E-state index in [1.807, 2.05) is 30.4 Å². The second-order valence-electron chi connectivity index (χ2n) is 4.06. The van der Waals surface area contributed by atoms with Gasteiger partial charge in [0.25, 0.3) is 0 Å². The third-order valence-electron chi connectivity index (χ3n) is 2.77. The molecule has 17 heavy (non-hydrogen) atoms. The normalized spacial score (nSPS) is 12.4. The summed E-state index contributed by atoms with van der Waals surface area (Å²) in [5.74, 6) is 0. The molecule has 0 aliphatic carbocycles. The van der Waals surface area contributed by atoms with E-state index in [4.69, 9.17) is 0 Å². The molecule has 1 aromatic carbocycles. The van der Waals surface area contributed by atoms with Crippen LogP contribution >= 0.6 is 0 Å². The van der Waals surface area contributed by atoms with Gasteiger partial charge in [0.1, 0.15) is 0 Å². The van der Waals surface area contributed by atoms with E-state index in [1.54, 1.807) is 0 Å². The Kier molecular flexibility index (Phi) is 6.30. The second-order valence-corrected chi connectivity index (χ2v) is 4.06. The summed E-state index contributed by atoms with van der Waals surface area (Å²) in [6.07, 6.45) is 4.56. The summed E-state index contributed by atoms with van der Waals surface area (Å²) in [5, 5.41) is 9.50. The lowest BCUT2D eigenvalue weighted by Gasteiger charge is -2.28. The third kappa shape index (κ3) is 4.55. The van der Waals surface area contributed by atoms with Gasteiger partial charge >= 0.3 is 0 Å². The van der Waals surface area contributed by atoms with Crippen molar-refractivity contribution in [2.45, 2.75) is 12.5 Å². The van der Waals surface area contributed by atoms with E-state index in [2.05, 4.69) is 30.2 Å². The summed E-state index contributed by atoms with van der Waals surface area (Å²) in [4.78, 5) is 2.17. The van der Waals surface area contributed by atoms with Gasteiger partial charge in [-0.15, -0.1) is 13.2 Å². The topological polar surface area (TPSA) is 23.5 Å². The lowest BCUT2D eigenvalue weighted by atomic mass is 10.1. The molecule has 0 saturated heterocycles. The molecular formula is C15H21NO. The third-order valence-corrected chi connectivity index (χ3v) is 2.77. The molecule has 1 aromatic rings. The zero-order valence-corrected chi connectivity index (χ0v) is 10.3. The Labute approximate surface area is 104 Å². The maximum atomic E-state index is 9.50. The fourth-order valence-electron chi connectivity index (χ4n) is 1.90. The maximum absolute atomic E-state index is 9.50. The van der Waals surface area contributed by atoms with E-state index in [1.165, 1.54) is 5.56 Å². The summed E-state index contributed by atoms with van der Waals surface area (Å²) >= 11 is 0. The van der Waals surface area contributed by atoms with Crippen molar-refractivity contribution in [3.05, 3.63) is 61.2 Å². The molecule has 2 heteroatoms. The first-order chi connectivity index (χ1) is 8.31. The quantitative estimate of drug-likeness (QED) is 0.694. The fraction of sp³-hybridized carbons (Fsp3) is 0.333. The highest BCUT2D eigenvalue weighted by molar-refractivity contribution is 5.16. The van der Waals surface area contributed by atoms with Gasteiger partial charge in [-0.2, -0.15) is 0 Å². The van der Waals surface area contributed by atoms with Gasteiger partial charge in [-0.05, 0) is 12.0 Å². The maximum Gasteiger partial charge on any atom is 0.0590 e. The monoisotopic (exact) mass is 231 g/mol. The SMILES string of the molecule is C=CCN(CC=C)[C@H](CO)Cc1ccccc1. The molecule has 1 atom stereocenters. The summed E-state index contributed by atoms with van der Waals surface area (Å²) in [6, 6.07) is 10.3. The van der Waals surface area contributed by atoms with Gasteiger partial charge in [-0.3, -0.25) is 4.90 Å². The van der Waals surface area contributed by atoms with Crippen LogP contribution in [0.15, 0.2) is 55.6 Å². The molecule has 0 bridgehead atoms. The Balaban J connectivity index is 2.67. The van der Waals surface area contributed by atoms with Gasteiger partial charge in [-0.25, -0.2) is 0 Å². The van der Waals surface area contributed by atoms with E-state index >= 15 is 0 Å². The molecule has 0 aliphatic rings. The van der Waals surface area contributed by atoms with Crippen LogP contribution in [0, 0.1) is 0 Å². The number of nitrogens with zero attached hydrogens (tertiary/aromatic N) is 1. The van der Waals surface area contributed by atoms with Crippen LogP contribution in [0.5, 0.6) is 0 Å². The molecule has 0 aromatic heterocycles. The van der Waals surface area contributed by atoms with Crippen LogP contribution in [0.4, 0.5) is 0 Å². The van der Waals surface area contributed by atoms with Crippen LogP contribution < -0.4 is 0 Å². The van der Waals surface area contributed by atoms with Crippen molar-refractivity contribution in [1.82, 2.24) is 4.90 Å². The molecule has 0 aliphatic heterocycles. The standard InChI is InChI=1S/C15H21NO/c1-3-10-16(11-4-2)15(13-17)12-14-8-6-5-7-9-14/h3-9,15,17H,1-2,10-13H2/t15-/m0/s1. The summed E-state index contributed by atoms with van der Waals surface area (Å²) in [7, 11) is 0. The summed E-state index contributed by atoms with van der Waals surface area (Å²) < 4.78 is 0. The Bertz CT molecular complexity index is 324. The number of benzene rings is 1. The first-order valence-electron chi connectivity index (χ1n) is 5.92. The van der Waals surface area contributed by atoms with Crippen molar-refractivity contribution < 1.29 is 5.11 Å². The van der Waals surface area contributed by atoms with Gasteiger partial charge in [0, 0.05) is 19.1 Å². The Morgan fingerprint density at radius 2 is 1.71 bits per heavy atom. The highest BCUT2D eigenvalue weighted by Gasteiger charge is 2.15. The predicted molar refractivity (Wildman–Crippen MR) is 73.0 cm³/mol. The Hall–Kier alpha value is -1.38. The van der Waals surface area contributed by atoms with Gasteiger partial charge in [0.2, 0.25) is 0 Å². The number of hydrogen-bond donors (Lipinski definition) is 1. The zero-order valence-electron chi connectivity index (χ0n) is 10.3. The summed E-state index contributed by atoms with van der Waals surface area (Å²) in [6.45, 7) is 9.18. The van der Waals surface area contributed by atoms with E-state index in [-0.39, 0.29) is 12.6 Å². The van der Waals surface area contributed by atoms with Crippen LogP contribution in [0.3, 0.4) is 0 Å². The van der Waals surface area contributed by atoms with Gasteiger partial charge in [-0.1, -0.05) is 42.5 Å². The molecular weight excluding hydrogens is 210 g/mol. The van der Waals surface area contributed by atoms with Gasteiger partial charge in [0.05, 0.1) is 6.61 Å². The lowest BCUT2D eigenvalue weighted by molar-refractivity contribution is 0.144. The number of aliphatic hydroxyl groups is 1. The fourth-order valence-corrected chi connectivity index (χ4v) is 1.90. The van der Waals surface area contributed by atoms with E-state index in [9.17, 15) is 5.11 Å². The number of aliphatic hydroxyl groups excluding tert-OH is 1. The molecule has 0 spiro atoms. The Morgan fingerprint density at radius 1 is 1.12 bits per heavy atom. The van der Waals surface area contributed by atoms with Crippen LogP contribution in [-0.4, -0.2) is 35.7 Å². The molecule has 0 saturated carbocycles. The molecule has 2 nitrogen and oxygen atoms in total. The van der Waals surface area contributed by atoms with Crippen molar-refractivity contribution in [2.75, 3.05) is 19.7 Å². The van der Waals surface area contributed by atoms with Crippen LogP contribution in [0.1, 0.15) is 5.56 Å². The zero-order chi connectivity index (χ0) is 12.5. The van der Waals surface area contributed by atoms with Crippen LogP contribution in [-0.2, 0) is 6.42 Å². The lowest BCUT2D eigenvalue weighted by Crippen LogP contribution is -2.39. The van der Waals surface area contributed by atoms with Gasteiger partial charge in [0.15, 0.2) is 0 Å². The summed E-state index contributed by atoms with van der Waals surface area (Å²) in [5.41, 5.74) is 1.24. The number of hydrogen-bond acceptors (Lipinski definition) is 2. The minimum atomic E-state index is 0.119. The Morgan fingerprint density at radius 3 is 2.18 bits per heavy atom. The minimum Gasteiger partial charge on any atom is -0.395 e. The van der Waals surface area contributed by atoms with E-state index < -0.39 is 0 Å². The smallest absolute Gasteiger partial charge is 0.0590 e. The average molecular weight is 231 g/mol. The first kappa shape index (κ1) is 13.7. The molecule has 1 rings (SSSR count). The van der Waals surface area contributed by atoms with E-state index in [0.29, 0.717) is 0 Å². The van der Waals surface area contributed by atoms with Crippen LogP contribution in [0.2, 0.25) is 0 Å². The number of rotatable bonds is 8. The molecule has 0 radical (unpaired) electrons. The molecule has 0 amide bonds. The van der Waals surface area contributed by atoms with Crippen molar-refractivity contribution in [2.24, 2.45) is 0 Å². The second kappa shape index (κ2) is 7.82. The van der Waals surface area contributed by atoms with E-state index in [0.717, 1.165) is 19.5 Å². The molecule has 92 valence electrons. The van der Waals surface area contributed by atoms with Crippen molar-refractivity contribution in [3.63, 3.8) is 0 Å². The highest BCUT2D eigenvalue weighted by Crippen LogP contribution is 2.09. The highest BCUT2D eigenvalue weighted by atomic mass is 16.3. The largest absolute Gasteiger partial charge is 0.395 e. The minimum absolute atomic E-state index is 0.119. The van der Waals surface area contributed by atoms with Crippen LogP contribution in [0.25, 0.3) is 0 Å². The van der Waals surface area contributed by atoms with Gasteiger partial charge < -0.3 is 5.11 Å². The van der Waals surface area contributed by atoms with Crippen molar-refractivity contribution in [1.29, 1.82) is 0 Å². The molecule has 0 fully saturated rings. The molecule has 0 heterocycles.